The topological polar surface area (TPSA) is 94.1 Å². The molecule has 0 radical (unpaired) electrons. The minimum absolute atomic E-state index is 0.0814. The number of amides is 1. The number of anilines is 1. The van der Waals surface area contributed by atoms with Crippen LogP contribution in [0, 0.1) is 13.8 Å². The summed E-state index contributed by atoms with van der Waals surface area (Å²) in [5.41, 5.74) is 1.95. The minimum Gasteiger partial charge on any atom is -0.489 e. The van der Waals surface area contributed by atoms with Crippen LogP contribution in [-0.2, 0) is 18.0 Å². The molecule has 0 unspecified atom stereocenters. The number of alkyl halides is 3. The van der Waals surface area contributed by atoms with E-state index in [4.69, 9.17) is 9.47 Å². The quantitative estimate of drug-likeness (QED) is 0.550. The van der Waals surface area contributed by atoms with Crippen LogP contribution in [-0.4, -0.2) is 46.2 Å². The zero-order valence-corrected chi connectivity index (χ0v) is 17.4. The van der Waals surface area contributed by atoms with Gasteiger partial charge in [0.25, 0.3) is 5.91 Å². The molecule has 31 heavy (non-hydrogen) atoms. The summed E-state index contributed by atoms with van der Waals surface area (Å²) in [5, 5.41) is 13.6. The molecule has 0 spiro atoms. The number of nitrogens with zero attached hydrogens (tertiary/aromatic N) is 3. The number of carbonyl (C=O) groups is 1. The van der Waals surface area contributed by atoms with Crippen LogP contribution in [0.2, 0.25) is 0 Å². The standard InChI is InChI=1S/C20H22F3N5O3/c1-11-18(12(2)28(3)27-11)15-10-16(26-25-15)19(29)24-14-9-13(20(21,22)23)5-6-17(14)31-8-7-30-4/h5-6,9-10H,7-8H2,1-4H3,(H,24,29)(H,25,26). The summed E-state index contributed by atoms with van der Waals surface area (Å²) in [6, 6.07) is 4.40. The van der Waals surface area contributed by atoms with E-state index in [0.29, 0.717) is 5.69 Å². The summed E-state index contributed by atoms with van der Waals surface area (Å²) in [5.74, 6) is -0.564. The molecule has 2 aromatic heterocycles. The Hall–Kier alpha value is -3.34. The third-order valence-electron chi connectivity index (χ3n) is 4.69. The van der Waals surface area contributed by atoms with E-state index in [2.05, 4.69) is 20.6 Å². The normalized spacial score (nSPS) is 11.6. The van der Waals surface area contributed by atoms with E-state index >= 15 is 0 Å². The van der Waals surface area contributed by atoms with E-state index in [0.717, 1.165) is 35.2 Å². The molecular formula is C20H22F3N5O3. The first kappa shape index (κ1) is 22.3. The van der Waals surface area contributed by atoms with Gasteiger partial charge in [0.15, 0.2) is 0 Å². The van der Waals surface area contributed by atoms with Gasteiger partial charge in [-0.25, -0.2) is 0 Å². The molecule has 11 heteroatoms. The molecule has 0 saturated heterocycles. The van der Waals surface area contributed by atoms with Crippen molar-refractivity contribution in [1.82, 2.24) is 20.0 Å². The van der Waals surface area contributed by atoms with Crippen molar-refractivity contribution < 1.29 is 27.4 Å². The highest BCUT2D eigenvalue weighted by Gasteiger charge is 2.31. The number of hydrogen-bond donors (Lipinski definition) is 2. The first-order valence-corrected chi connectivity index (χ1v) is 9.32. The lowest BCUT2D eigenvalue weighted by atomic mass is 10.1. The van der Waals surface area contributed by atoms with Crippen LogP contribution in [0.15, 0.2) is 24.3 Å². The average Bonchev–Trinajstić information content (AvgIpc) is 3.27. The number of ether oxygens (including phenoxy) is 2. The van der Waals surface area contributed by atoms with E-state index < -0.39 is 17.6 Å². The van der Waals surface area contributed by atoms with Gasteiger partial charge in [-0.15, -0.1) is 0 Å². The number of carbonyl (C=O) groups excluding carboxylic acids is 1. The molecule has 2 N–H and O–H groups in total. The lowest BCUT2D eigenvalue weighted by Crippen LogP contribution is -2.15. The molecule has 0 bridgehead atoms. The lowest BCUT2D eigenvalue weighted by molar-refractivity contribution is -0.137. The monoisotopic (exact) mass is 437 g/mol. The third-order valence-corrected chi connectivity index (χ3v) is 4.69. The van der Waals surface area contributed by atoms with Gasteiger partial charge in [0.1, 0.15) is 18.1 Å². The second-order valence-corrected chi connectivity index (χ2v) is 6.84. The maximum atomic E-state index is 13.1. The van der Waals surface area contributed by atoms with E-state index in [9.17, 15) is 18.0 Å². The maximum absolute atomic E-state index is 13.1. The summed E-state index contributed by atoms with van der Waals surface area (Å²) >= 11 is 0. The molecular weight excluding hydrogens is 415 g/mol. The van der Waals surface area contributed by atoms with Crippen molar-refractivity contribution in [1.29, 1.82) is 0 Å². The molecule has 166 valence electrons. The second kappa shape index (κ2) is 8.80. The lowest BCUT2D eigenvalue weighted by Gasteiger charge is -2.15. The van der Waals surface area contributed by atoms with Gasteiger partial charge in [-0.05, 0) is 38.1 Å². The van der Waals surface area contributed by atoms with Gasteiger partial charge in [0.05, 0.1) is 29.2 Å². The fourth-order valence-corrected chi connectivity index (χ4v) is 3.06. The van der Waals surface area contributed by atoms with Gasteiger partial charge < -0.3 is 14.8 Å². The highest BCUT2D eigenvalue weighted by Crippen LogP contribution is 2.35. The molecule has 3 aromatic rings. The number of halogens is 3. The number of hydrogen-bond acceptors (Lipinski definition) is 5. The van der Waals surface area contributed by atoms with Crippen LogP contribution in [0.5, 0.6) is 5.75 Å². The van der Waals surface area contributed by atoms with Gasteiger partial charge in [-0.3, -0.25) is 14.6 Å². The molecule has 0 aliphatic heterocycles. The minimum atomic E-state index is -4.57. The molecule has 0 aliphatic rings. The first-order valence-electron chi connectivity index (χ1n) is 9.32. The predicted molar refractivity (Wildman–Crippen MR) is 107 cm³/mol. The Morgan fingerprint density at radius 2 is 1.97 bits per heavy atom. The highest BCUT2D eigenvalue weighted by molar-refractivity contribution is 6.04. The van der Waals surface area contributed by atoms with Crippen molar-refractivity contribution in [2.45, 2.75) is 20.0 Å². The van der Waals surface area contributed by atoms with Crippen LogP contribution >= 0.6 is 0 Å². The molecule has 2 heterocycles. The van der Waals surface area contributed by atoms with E-state index in [-0.39, 0.29) is 30.3 Å². The molecule has 0 aliphatic carbocycles. The molecule has 3 rings (SSSR count). The van der Waals surface area contributed by atoms with Crippen LogP contribution in [0.25, 0.3) is 11.3 Å². The SMILES string of the molecule is COCCOc1ccc(C(F)(F)F)cc1NC(=O)c1cc(-c2c(C)nn(C)c2C)n[nH]1. The number of methoxy groups -OCH3 is 1. The van der Waals surface area contributed by atoms with Crippen molar-refractivity contribution in [2.75, 3.05) is 25.6 Å². The zero-order chi connectivity index (χ0) is 22.8. The number of aryl methyl sites for hydroxylation is 2. The second-order valence-electron chi connectivity index (χ2n) is 6.84. The van der Waals surface area contributed by atoms with Crippen LogP contribution in [0.1, 0.15) is 27.4 Å². The summed E-state index contributed by atoms with van der Waals surface area (Å²) in [6.45, 7) is 4.04. The van der Waals surface area contributed by atoms with Gasteiger partial charge >= 0.3 is 6.18 Å². The largest absolute Gasteiger partial charge is 0.489 e. The number of aromatic amines is 1. The fraction of sp³-hybridized carbons (Fsp3) is 0.350. The molecule has 0 fully saturated rings. The van der Waals surface area contributed by atoms with Gasteiger partial charge in [-0.1, -0.05) is 0 Å². The van der Waals surface area contributed by atoms with Crippen molar-refractivity contribution >= 4 is 11.6 Å². The van der Waals surface area contributed by atoms with Crippen LogP contribution < -0.4 is 10.1 Å². The Labute approximate surface area is 176 Å². The van der Waals surface area contributed by atoms with Crippen molar-refractivity contribution in [2.24, 2.45) is 7.05 Å². The maximum Gasteiger partial charge on any atom is 0.416 e. The average molecular weight is 437 g/mol. The van der Waals surface area contributed by atoms with E-state index in [1.807, 2.05) is 13.8 Å². The van der Waals surface area contributed by atoms with E-state index in [1.165, 1.54) is 13.2 Å². The van der Waals surface area contributed by atoms with Crippen LogP contribution in [0.4, 0.5) is 18.9 Å². The zero-order valence-electron chi connectivity index (χ0n) is 17.4. The summed E-state index contributed by atoms with van der Waals surface area (Å²) in [7, 11) is 3.27. The van der Waals surface area contributed by atoms with Gasteiger partial charge in [0, 0.05) is 25.4 Å². The smallest absolute Gasteiger partial charge is 0.416 e. The number of aromatic nitrogens is 4. The molecule has 1 aromatic carbocycles. The predicted octanol–water partition coefficient (Wildman–Crippen LogP) is 3.72. The van der Waals surface area contributed by atoms with Gasteiger partial charge in [0.2, 0.25) is 0 Å². The Bertz CT molecular complexity index is 1090. The molecule has 8 nitrogen and oxygen atoms in total. The first-order chi connectivity index (χ1) is 14.6. The molecule has 0 atom stereocenters. The highest BCUT2D eigenvalue weighted by atomic mass is 19.4. The van der Waals surface area contributed by atoms with E-state index in [1.54, 1.807) is 11.7 Å². The molecule has 1 amide bonds. The van der Waals surface area contributed by atoms with Crippen LogP contribution in [0.3, 0.4) is 0 Å². The Kier molecular flexibility index (Phi) is 6.34. The van der Waals surface area contributed by atoms with Crippen molar-refractivity contribution in [3.05, 3.63) is 46.9 Å². The summed E-state index contributed by atoms with van der Waals surface area (Å²) in [4.78, 5) is 12.7. The number of H-pyrrole nitrogens is 1. The number of benzene rings is 1. The third kappa shape index (κ3) is 4.88. The number of nitrogens with one attached hydrogen (secondary N) is 2. The van der Waals surface area contributed by atoms with Crippen molar-refractivity contribution in [3.8, 4) is 17.0 Å². The van der Waals surface area contributed by atoms with Crippen molar-refractivity contribution in [3.63, 3.8) is 0 Å². The fourth-order valence-electron chi connectivity index (χ4n) is 3.06. The summed E-state index contributed by atoms with van der Waals surface area (Å²) in [6.07, 6.45) is -4.57. The molecule has 0 saturated carbocycles. The Morgan fingerprint density at radius 1 is 1.23 bits per heavy atom. The number of rotatable bonds is 7. The van der Waals surface area contributed by atoms with Gasteiger partial charge in [-0.2, -0.15) is 23.4 Å². The Morgan fingerprint density at radius 3 is 2.58 bits per heavy atom. The summed E-state index contributed by atoms with van der Waals surface area (Å²) < 4.78 is 51.4. The Balaban J connectivity index is 1.87.